The second-order valence-corrected chi connectivity index (χ2v) is 5.59. The van der Waals surface area contributed by atoms with Crippen LogP contribution < -0.4 is 5.32 Å². The number of carbonyl (C=O) groups excluding carboxylic acids is 1. The standard InChI is InChI=1S/C17H29N3O/c1-6-9-15-11-14(12-16(19-15)18-10-7-2)17(21)20(8-3)13(4)5/h11-13H,6-10H2,1-5H3,(H,18,19). The van der Waals surface area contributed by atoms with Crippen molar-refractivity contribution in [3.63, 3.8) is 0 Å². The topological polar surface area (TPSA) is 45.2 Å². The van der Waals surface area contributed by atoms with Crippen molar-refractivity contribution in [3.05, 3.63) is 23.4 Å². The molecule has 0 unspecified atom stereocenters. The summed E-state index contributed by atoms with van der Waals surface area (Å²) in [6.45, 7) is 12.0. The molecule has 118 valence electrons. The van der Waals surface area contributed by atoms with E-state index in [1.54, 1.807) is 0 Å². The van der Waals surface area contributed by atoms with Gasteiger partial charge in [0.15, 0.2) is 0 Å². The maximum Gasteiger partial charge on any atom is 0.254 e. The lowest BCUT2D eigenvalue weighted by Gasteiger charge is -2.25. The normalized spacial score (nSPS) is 10.8. The number of pyridine rings is 1. The van der Waals surface area contributed by atoms with Crippen LogP contribution in [0.2, 0.25) is 0 Å². The highest BCUT2D eigenvalue weighted by Crippen LogP contribution is 2.15. The zero-order chi connectivity index (χ0) is 15.8. The minimum absolute atomic E-state index is 0.0896. The van der Waals surface area contributed by atoms with E-state index in [2.05, 4.69) is 24.1 Å². The van der Waals surface area contributed by atoms with Crippen LogP contribution in [-0.4, -0.2) is 34.9 Å². The Morgan fingerprint density at radius 1 is 1.24 bits per heavy atom. The molecule has 0 saturated carbocycles. The predicted octanol–water partition coefficient (Wildman–Crippen LogP) is 3.73. The largest absolute Gasteiger partial charge is 0.370 e. The Morgan fingerprint density at radius 3 is 2.48 bits per heavy atom. The molecule has 0 aromatic carbocycles. The Balaban J connectivity index is 3.08. The molecule has 0 fully saturated rings. The number of amides is 1. The summed E-state index contributed by atoms with van der Waals surface area (Å²) in [6, 6.07) is 4.02. The van der Waals surface area contributed by atoms with E-state index in [1.807, 2.05) is 37.8 Å². The first-order valence-corrected chi connectivity index (χ1v) is 8.09. The zero-order valence-electron chi connectivity index (χ0n) is 14.1. The van der Waals surface area contributed by atoms with E-state index in [-0.39, 0.29) is 11.9 Å². The van der Waals surface area contributed by atoms with Crippen molar-refractivity contribution in [1.29, 1.82) is 0 Å². The molecule has 0 radical (unpaired) electrons. The van der Waals surface area contributed by atoms with Crippen LogP contribution in [0.5, 0.6) is 0 Å². The molecular formula is C17H29N3O. The van der Waals surface area contributed by atoms with Crippen molar-refractivity contribution in [3.8, 4) is 0 Å². The summed E-state index contributed by atoms with van der Waals surface area (Å²) in [4.78, 5) is 19.1. The van der Waals surface area contributed by atoms with Crippen LogP contribution in [0, 0.1) is 0 Å². The summed E-state index contributed by atoms with van der Waals surface area (Å²) in [5, 5.41) is 3.29. The highest BCUT2D eigenvalue weighted by atomic mass is 16.2. The van der Waals surface area contributed by atoms with Gasteiger partial charge in [0.2, 0.25) is 0 Å². The van der Waals surface area contributed by atoms with Crippen molar-refractivity contribution < 1.29 is 4.79 Å². The smallest absolute Gasteiger partial charge is 0.254 e. The van der Waals surface area contributed by atoms with Crippen LogP contribution in [0.1, 0.15) is 63.5 Å². The van der Waals surface area contributed by atoms with Crippen LogP contribution in [0.15, 0.2) is 12.1 Å². The molecule has 0 bridgehead atoms. The van der Waals surface area contributed by atoms with Gasteiger partial charge in [0.25, 0.3) is 5.91 Å². The molecule has 0 atom stereocenters. The van der Waals surface area contributed by atoms with E-state index in [1.165, 1.54) is 0 Å². The van der Waals surface area contributed by atoms with E-state index in [0.717, 1.165) is 49.4 Å². The molecule has 0 aliphatic carbocycles. The number of aryl methyl sites for hydroxylation is 1. The van der Waals surface area contributed by atoms with Gasteiger partial charge in [-0.05, 0) is 45.7 Å². The molecule has 1 N–H and O–H groups in total. The third kappa shape index (κ3) is 5.03. The van der Waals surface area contributed by atoms with Crippen LogP contribution in [0.25, 0.3) is 0 Å². The number of rotatable bonds is 8. The lowest BCUT2D eigenvalue weighted by molar-refractivity contribution is 0.0716. The third-order valence-electron chi connectivity index (χ3n) is 3.41. The Labute approximate surface area is 129 Å². The lowest BCUT2D eigenvalue weighted by Crippen LogP contribution is -2.36. The summed E-state index contributed by atoms with van der Waals surface area (Å²) in [6.07, 6.45) is 2.96. The van der Waals surface area contributed by atoms with E-state index in [0.29, 0.717) is 0 Å². The number of hydrogen-bond acceptors (Lipinski definition) is 3. The molecule has 21 heavy (non-hydrogen) atoms. The number of nitrogens with zero attached hydrogens (tertiary/aromatic N) is 2. The summed E-state index contributed by atoms with van der Waals surface area (Å²) < 4.78 is 0. The van der Waals surface area contributed by atoms with Gasteiger partial charge < -0.3 is 10.2 Å². The average Bonchev–Trinajstić information content (AvgIpc) is 2.45. The number of carbonyl (C=O) groups is 1. The summed E-state index contributed by atoms with van der Waals surface area (Å²) in [7, 11) is 0. The highest BCUT2D eigenvalue weighted by Gasteiger charge is 2.18. The minimum Gasteiger partial charge on any atom is -0.370 e. The van der Waals surface area contributed by atoms with Gasteiger partial charge in [-0.25, -0.2) is 4.98 Å². The first kappa shape index (κ1) is 17.5. The Hall–Kier alpha value is -1.58. The molecule has 1 aromatic heterocycles. The number of nitrogens with one attached hydrogen (secondary N) is 1. The molecule has 1 rings (SSSR count). The fraction of sp³-hybridized carbons (Fsp3) is 0.647. The first-order chi connectivity index (χ1) is 10.0. The Bertz CT molecular complexity index is 457. The van der Waals surface area contributed by atoms with Gasteiger partial charge >= 0.3 is 0 Å². The van der Waals surface area contributed by atoms with Gasteiger partial charge in [0.05, 0.1) is 0 Å². The molecule has 0 spiro atoms. The fourth-order valence-electron chi connectivity index (χ4n) is 2.35. The van der Waals surface area contributed by atoms with Gasteiger partial charge in [-0.15, -0.1) is 0 Å². The average molecular weight is 291 g/mol. The van der Waals surface area contributed by atoms with Gasteiger partial charge in [0, 0.05) is 30.4 Å². The Kier molecular flexibility index (Phi) is 7.20. The molecule has 1 aromatic rings. The number of anilines is 1. The van der Waals surface area contributed by atoms with Gasteiger partial charge in [-0.3, -0.25) is 4.79 Å². The van der Waals surface area contributed by atoms with Gasteiger partial charge in [0.1, 0.15) is 5.82 Å². The van der Waals surface area contributed by atoms with Crippen molar-refractivity contribution >= 4 is 11.7 Å². The van der Waals surface area contributed by atoms with Crippen molar-refractivity contribution in [1.82, 2.24) is 9.88 Å². The molecule has 4 heteroatoms. The molecule has 0 aliphatic rings. The van der Waals surface area contributed by atoms with Crippen LogP contribution in [0.3, 0.4) is 0 Å². The van der Waals surface area contributed by atoms with Crippen LogP contribution in [0.4, 0.5) is 5.82 Å². The van der Waals surface area contributed by atoms with E-state index in [9.17, 15) is 4.79 Å². The number of aromatic nitrogens is 1. The lowest BCUT2D eigenvalue weighted by atomic mass is 10.1. The summed E-state index contributed by atoms with van der Waals surface area (Å²) >= 11 is 0. The molecular weight excluding hydrogens is 262 g/mol. The quantitative estimate of drug-likeness (QED) is 0.794. The zero-order valence-corrected chi connectivity index (χ0v) is 14.1. The highest BCUT2D eigenvalue weighted by molar-refractivity contribution is 5.95. The monoisotopic (exact) mass is 291 g/mol. The maximum absolute atomic E-state index is 12.7. The second kappa shape index (κ2) is 8.65. The Morgan fingerprint density at radius 2 is 1.95 bits per heavy atom. The minimum atomic E-state index is 0.0896. The molecule has 0 aliphatic heterocycles. The number of hydrogen-bond donors (Lipinski definition) is 1. The molecule has 0 saturated heterocycles. The van der Waals surface area contributed by atoms with Gasteiger partial charge in [-0.1, -0.05) is 20.3 Å². The fourth-order valence-corrected chi connectivity index (χ4v) is 2.35. The molecule has 1 amide bonds. The van der Waals surface area contributed by atoms with Crippen molar-refractivity contribution in [2.75, 3.05) is 18.4 Å². The van der Waals surface area contributed by atoms with Crippen LogP contribution in [-0.2, 0) is 6.42 Å². The summed E-state index contributed by atoms with van der Waals surface area (Å²) in [5.74, 6) is 0.901. The van der Waals surface area contributed by atoms with Crippen molar-refractivity contribution in [2.24, 2.45) is 0 Å². The second-order valence-electron chi connectivity index (χ2n) is 5.59. The van der Waals surface area contributed by atoms with Crippen LogP contribution >= 0.6 is 0 Å². The van der Waals surface area contributed by atoms with Crippen molar-refractivity contribution in [2.45, 2.75) is 59.9 Å². The predicted molar refractivity (Wildman–Crippen MR) is 88.9 cm³/mol. The van der Waals surface area contributed by atoms with E-state index in [4.69, 9.17) is 0 Å². The first-order valence-electron chi connectivity index (χ1n) is 8.09. The van der Waals surface area contributed by atoms with E-state index < -0.39 is 0 Å². The summed E-state index contributed by atoms with van der Waals surface area (Å²) in [5.41, 5.74) is 1.73. The maximum atomic E-state index is 12.7. The molecule has 1 heterocycles. The molecule has 4 nitrogen and oxygen atoms in total. The SMILES string of the molecule is CCCNc1cc(C(=O)N(CC)C(C)C)cc(CCC)n1. The van der Waals surface area contributed by atoms with E-state index >= 15 is 0 Å². The van der Waals surface area contributed by atoms with Gasteiger partial charge in [-0.2, -0.15) is 0 Å². The third-order valence-corrected chi connectivity index (χ3v) is 3.41.